The van der Waals surface area contributed by atoms with E-state index in [0.29, 0.717) is 6.42 Å². The van der Waals surface area contributed by atoms with Crippen LogP contribution in [0, 0.1) is 5.92 Å². The van der Waals surface area contributed by atoms with E-state index in [2.05, 4.69) is 0 Å². The highest BCUT2D eigenvalue weighted by atomic mass is 16.5. The van der Waals surface area contributed by atoms with Gasteiger partial charge in [-0.2, -0.15) is 0 Å². The molecule has 0 amide bonds. The Balaban J connectivity index is 2.60. The molecule has 0 aromatic rings. The first-order chi connectivity index (χ1) is 5.52. The summed E-state index contributed by atoms with van der Waals surface area (Å²) in [5, 5.41) is 19.0. The van der Waals surface area contributed by atoms with Gasteiger partial charge in [0.05, 0.1) is 18.3 Å². The lowest BCUT2D eigenvalue weighted by Gasteiger charge is -2.37. The summed E-state index contributed by atoms with van der Waals surface area (Å²) >= 11 is 0. The van der Waals surface area contributed by atoms with Crippen LogP contribution < -0.4 is 0 Å². The highest BCUT2D eigenvalue weighted by Gasteiger charge is 2.36. The Labute approximate surface area is 73.4 Å². The van der Waals surface area contributed by atoms with Gasteiger partial charge in [-0.05, 0) is 12.8 Å². The third-order valence-electron chi connectivity index (χ3n) is 2.35. The molecule has 3 heteroatoms. The average molecular weight is 174 g/mol. The maximum atomic E-state index is 9.55. The highest BCUT2D eigenvalue weighted by molar-refractivity contribution is 4.85. The first-order valence-corrected chi connectivity index (χ1v) is 4.54. The lowest BCUT2D eigenvalue weighted by atomic mass is 9.92. The Morgan fingerprint density at radius 1 is 1.33 bits per heavy atom. The number of hydrogen-bond donors (Lipinski definition) is 2. The smallest absolute Gasteiger partial charge is 0.106 e. The molecule has 0 aliphatic carbocycles. The van der Waals surface area contributed by atoms with Crippen molar-refractivity contribution in [2.75, 3.05) is 0 Å². The molecular formula is C9H18O3. The van der Waals surface area contributed by atoms with Crippen LogP contribution in [-0.4, -0.2) is 34.6 Å². The fourth-order valence-electron chi connectivity index (χ4n) is 1.65. The van der Waals surface area contributed by atoms with Crippen molar-refractivity contribution in [1.82, 2.24) is 0 Å². The third-order valence-corrected chi connectivity index (χ3v) is 2.35. The number of rotatable bonds is 1. The van der Waals surface area contributed by atoms with Gasteiger partial charge in [-0.25, -0.2) is 0 Å². The van der Waals surface area contributed by atoms with E-state index in [1.807, 2.05) is 20.8 Å². The normalized spacial score (nSPS) is 43.5. The van der Waals surface area contributed by atoms with E-state index < -0.39 is 12.2 Å². The van der Waals surface area contributed by atoms with Gasteiger partial charge in [0.1, 0.15) is 6.10 Å². The second-order valence-corrected chi connectivity index (χ2v) is 3.95. The first kappa shape index (κ1) is 9.96. The molecule has 1 aliphatic rings. The van der Waals surface area contributed by atoms with Crippen molar-refractivity contribution in [2.45, 2.75) is 51.6 Å². The molecule has 1 rings (SSSR count). The summed E-state index contributed by atoms with van der Waals surface area (Å²) in [6.45, 7) is 5.89. The van der Waals surface area contributed by atoms with Crippen molar-refractivity contribution in [3.8, 4) is 0 Å². The summed E-state index contributed by atoms with van der Waals surface area (Å²) in [5.41, 5.74) is 0. The first-order valence-electron chi connectivity index (χ1n) is 4.54. The molecule has 0 aromatic heterocycles. The number of aliphatic hydroxyl groups excluding tert-OH is 2. The Kier molecular flexibility index (Phi) is 3.09. The van der Waals surface area contributed by atoms with Gasteiger partial charge in [0.25, 0.3) is 0 Å². The van der Waals surface area contributed by atoms with Gasteiger partial charge < -0.3 is 14.9 Å². The summed E-state index contributed by atoms with van der Waals surface area (Å²) < 4.78 is 5.52. The van der Waals surface area contributed by atoms with Gasteiger partial charge in [0, 0.05) is 6.42 Å². The van der Waals surface area contributed by atoms with Crippen LogP contribution in [0.5, 0.6) is 0 Å². The topological polar surface area (TPSA) is 49.7 Å². The zero-order valence-electron chi connectivity index (χ0n) is 7.90. The molecule has 0 bridgehead atoms. The molecule has 1 heterocycles. The Morgan fingerprint density at radius 3 is 2.42 bits per heavy atom. The molecule has 1 fully saturated rings. The largest absolute Gasteiger partial charge is 0.390 e. The predicted molar refractivity (Wildman–Crippen MR) is 45.8 cm³/mol. The van der Waals surface area contributed by atoms with Crippen molar-refractivity contribution in [3.05, 3.63) is 0 Å². The molecule has 4 atom stereocenters. The van der Waals surface area contributed by atoms with Crippen LogP contribution in [0.4, 0.5) is 0 Å². The lowest BCUT2D eigenvalue weighted by molar-refractivity contribution is -0.177. The van der Waals surface area contributed by atoms with Crippen molar-refractivity contribution in [1.29, 1.82) is 0 Å². The van der Waals surface area contributed by atoms with Crippen LogP contribution in [0.25, 0.3) is 0 Å². The van der Waals surface area contributed by atoms with E-state index in [4.69, 9.17) is 4.74 Å². The Morgan fingerprint density at radius 2 is 1.92 bits per heavy atom. The monoisotopic (exact) mass is 174 g/mol. The van der Waals surface area contributed by atoms with Crippen LogP contribution in [0.3, 0.4) is 0 Å². The summed E-state index contributed by atoms with van der Waals surface area (Å²) in [6.07, 6.45) is -0.980. The minimum absolute atomic E-state index is 0.0517. The summed E-state index contributed by atoms with van der Waals surface area (Å²) in [6, 6.07) is 0. The second-order valence-electron chi connectivity index (χ2n) is 3.95. The van der Waals surface area contributed by atoms with Crippen LogP contribution >= 0.6 is 0 Å². The van der Waals surface area contributed by atoms with E-state index in [1.54, 1.807) is 0 Å². The molecule has 1 aliphatic heterocycles. The summed E-state index contributed by atoms with van der Waals surface area (Å²) in [7, 11) is 0. The number of ether oxygens (including phenoxy) is 1. The van der Waals surface area contributed by atoms with Crippen molar-refractivity contribution >= 4 is 0 Å². The fraction of sp³-hybridized carbons (Fsp3) is 1.00. The zero-order valence-corrected chi connectivity index (χ0v) is 7.90. The molecule has 0 aromatic carbocycles. The lowest BCUT2D eigenvalue weighted by Crippen LogP contribution is -2.49. The molecule has 0 radical (unpaired) electrons. The average Bonchev–Trinajstić information content (AvgIpc) is 1.96. The standard InChI is InChI=1S/C9H18O3/c1-5(2)9-8(11)7(10)4-6(3)12-9/h5-11H,4H2,1-3H3/t6?,7-,8?,9-/m0/s1. The molecule has 2 unspecified atom stereocenters. The molecule has 3 nitrogen and oxygen atoms in total. The SMILES string of the molecule is CC1C[C@H](O)C(O)[C@H](C(C)C)O1. The molecule has 1 saturated heterocycles. The van der Waals surface area contributed by atoms with Gasteiger partial charge >= 0.3 is 0 Å². The number of hydrogen-bond acceptors (Lipinski definition) is 3. The molecule has 0 saturated carbocycles. The van der Waals surface area contributed by atoms with Gasteiger partial charge in [-0.3, -0.25) is 0 Å². The Bertz CT molecular complexity index is 147. The van der Waals surface area contributed by atoms with Crippen molar-refractivity contribution in [2.24, 2.45) is 5.92 Å². The third kappa shape index (κ3) is 1.97. The summed E-state index contributed by atoms with van der Waals surface area (Å²) in [5.74, 6) is 0.248. The zero-order chi connectivity index (χ0) is 9.30. The Hall–Kier alpha value is -0.120. The number of aliphatic hydroxyl groups is 2. The predicted octanol–water partition coefficient (Wildman–Crippen LogP) is 0.542. The molecule has 0 spiro atoms. The van der Waals surface area contributed by atoms with E-state index in [9.17, 15) is 10.2 Å². The fourth-order valence-corrected chi connectivity index (χ4v) is 1.65. The van der Waals surface area contributed by atoms with Crippen molar-refractivity contribution < 1.29 is 14.9 Å². The van der Waals surface area contributed by atoms with Gasteiger partial charge in [0.15, 0.2) is 0 Å². The minimum Gasteiger partial charge on any atom is -0.390 e. The minimum atomic E-state index is -0.721. The van der Waals surface area contributed by atoms with Gasteiger partial charge in [-0.1, -0.05) is 13.8 Å². The van der Waals surface area contributed by atoms with Gasteiger partial charge in [0.2, 0.25) is 0 Å². The van der Waals surface area contributed by atoms with Crippen molar-refractivity contribution in [3.63, 3.8) is 0 Å². The van der Waals surface area contributed by atoms with Crippen LogP contribution in [0.1, 0.15) is 27.2 Å². The molecule has 12 heavy (non-hydrogen) atoms. The molecular weight excluding hydrogens is 156 g/mol. The van der Waals surface area contributed by atoms with Crippen LogP contribution in [-0.2, 0) is 4.74 Å². The molecule has 2 N–H and O–H groups in total. The van der Waals surface area contributed by atoms with Crippen LogP contribution in [0.2, 0.25) is 0 Å². The van der Waals surface area contributed by atoms with E-state index >= 15 is 0 Å². The second kappa shape index (κ2) is 3.73. The van der Waals surface area contributed by atoms with E-state index in [-0.39, 0.29) is 18.1 Å². The highest BCUT2D eigenvalue weighted by Crippen LogP contribution is 2.24. The quantitative estimate of drug-likeness (QED) is 0.610. The molecule has 72 valence electrons. The maximum absolute atomic E-state index is 9.55. The van der Waals surface area contributed by atoms with E-state index in [1.165, 1.54) is 0 Å². The van der Waals surface area contributed by atoms with Crippen LogP contribution in [0.15, 0.2) is 0 Å². The van der Waals surface area contributed by atoms with Gasteiger partial charge in [-0.15, -0.1) is 0 Å². The summed E-state index contributed by atoms with van der Waals surface area (Å²) in [4.78, 5) is 0. The van der Waals surface area contributed by atoms with E-state index in [0.717, 1.165) is 0 Å². The maximum Gasteiger partial charge on any atom is 0.106 e.